The number of benzene rings is 1. The van der Waals surface area contributed by atoms with Crippen LogP contribution < -0.4 is 0 Å². The molecule has 2 N–H and O–H groups in total. The van der Waals surface area contributed by atoms with Crippen molar-refractivity contribution in [2.45, 2.75) is 6.29 Å². The molecule has 0 aliphatic rings. The van der Waals surface area contributed by atoms with Gasteiger partial charge in [-0.15, -0.1) is 0 Å². The maximum absolute atomic E-state index is 8.90. The number of halogens is 4. The molecule has 6 heteroatoms. The first-order valence-electron chi connectivity index (χ1n) is 3.14. The van der Waals surface area contributed by atoms with Gasteiger partial charge in [0.05, 0.1) is 20.1 Å². The molecule has 1 aromatic carbocycles. The van der Waals surface area contributed by atoms with Crippen molar-refractivity contribution in [1.82, 2.24) is 0 Å². The van der Waals surface area contributed by atoms with Crippen LogP contribution in [0.4, 0.5) is 0 Å². The zero-order valence-electron chi connectivity index (χ0n) is 6.06. The van der Waals surface area contributed by atoms with Crippen LogP contribution in [-0.4, -0.2) is 10.2 Å². The molecule has 0 unspecified atom stereocenters. The van der Waals surface area contributed by atoms with Crippen LogP contribution in [0.15, 0.2) is 6.07 Å². The molecule has 0 radical (unpaired) electrons. The molecule has 0 aromatic heterocycles. The Balaban J connectivity index is 3.46. The molecule has 1 rings (SSSR count). The molecule has 0 fully saturated rings. The summed E-state index contributed by atoms with van der Waals surface area (Å²) in [5, 5.41) is 18.0. The molecule has 72 valence electrons. The maximum atomic E-state index is 8.90. The van der Waals surface area contributed by atoms with E-state index in [1.54, 1.807) is 0 Å². The van der Waals surface area contributed by atoms with Crippen LogP contribution in [0.3, 0.4) is 0 Å². The Kier molecular flexibility index (Phi) is 3.69. The Morgan fingerprint density at radius 3 is 1.62 bits per heavy atom. The van der Waals surface area contributed by atoms with Crippen LogP contribution in [0.5, 0.6) is 0 Å². The molecule has 0 atom stereocenters. The normalized spacial score (nSPS) is 11.0. The quantitative estimate of drug-likeness (QED) is 0.602. The van der Waals surface area contributed by atoms with Gasteiger partial charge in [0.2, 0.25) is 0 Å². The van der Waals surface area contributed by atoms with Crippen LogP contribution in [0.1, 0.15) is 11.9 Å². The minimum Gasteiger partial charge on any atom is -0.364 e. The van der Waals surface area contributed by atoms with Gasteiger partial charge in [-0.1, -0.05) is 46.4 Å². The van der Waals surface area contributed by atoms with Gasteiger partial charge >= 0.3 is 0 Å². The molecule has 1 aromatic rings. The number of aliphatic hydroxyl groups excluding tert-OH is 1. The highest BCUT2D eigenvalue weighted by Gasteiger charge is 2.18. The van der Waals surface area contributed by atoms with Gasteiger partial charge in [0.1, 0.15) is 0 Å². The van der Waals surface area contributed by atoms with E-state index in [0.717, 1.165) is 0 Å². The summed E-state index contributed by atoms with van der Waals surface area (Å²) < 4.78 is 0. The van der Waals surface area contributed by atoms with E-state index in [-0.39, 0.29) is 25.7 Å². The number of hydrogen-bond acceptors (Lipinski definition) is 2. The summed E-state index contributed by atoms with van der Waals surface area (Å²) in [6.07, 6.45) is -1.80. The lowest BCUT2D eigenvalue weighted by Gasteiger charge is -2.11. The van der Waals surface area contributed by atoms with E-state index in [1.165, 1.54) is 6.07 Å². The maximum Gasteiger partial charge on any atom is 0.181 e. The molecule has 0 saturated heterocycles. The molecule has 13 heavy (non-hydrogen) atoms. The largest absolute Gasteiger partial charge is 0.364 e. The van der Waals surface area contributed by atoms with Crippen LogP contribution in [0.25, 0.3) is 0 Å². The number of hydrogen-bond donors (Lipinski definition) is 2. The van der Waals surface area contributed by atoms with Crippen molar-refractivity contribution in [1.29, 1.82) is 0 Å². The fraction of sp³-hybridized carbons (Fsp3) is 0.143. The number of rotatable bonds is 1. The van der Waals surface area contributed by atoms with E-state index in [2.05, 4.69) is 0 Å². The van der Waals surface area contributed by atoms with Crippen LogP contribution in [0, 0.1) is 0 Å². The van der Waals surface area contributed by atoms with Gasteiger partial charge in [0.25, 0.3) is 0 Å². The van der Waals surface area contributed by atoms with E-state index >= 15 is 0 Å². The highest BCUT2D eigenvalue weighted by atomic mass is 35.5. The average molecular weight is 262 g/mol. The van der Waals surface area contributed by atoms with Gasteiger partial charge in [-0.05, 0) is 6.07 Å². The predicted molar refractivity (Wildman–Crippen MR) is 53.7 cm³/mol. The zero-order valence-corrected chi connectivity index (χ0v) is 9.08. The molecule has 0 bridgehead atoms. The second-order valence-electron chi connectivity index (χ2n) is 2.26. The van der Waals surface area contributed by atoms with E-state index in [9.17, 15) is 0 Å². The average Bonchev–Trinajstić information content (AvgIpc) is 2.01. The molecule has 0 heterocycles. The Morgan fingerprint density at radius 2 is 1.31 bits per heavy atom. The highest BCUT2D eigenvalue weighted by Crippen LogP contribution is 2.39. The third-order valence-corrected chi connectivity index (χ3v) is 3.01. The van der Waals surface area contributed by atoms with Gasteiger partial charge in [-0.2, -0.15) is 0 Å². The van der Waals surface area contributed by atoms with Crippen molar-refractivity contribution in [2.24, 2.45) is 0 Å². The lowest BCUT2D eigenvalue weighted by atomic mass is 10.2. The Morgan fingerprint density at radius 1 is 0.923 bits per heavy atom. The third-order valence-electron chi connectivity index (χ3n) is 1.40. The molecule has 0 spiro atoms. The molecule has 0 saturated carbocycles. The van der Waals surface area contributed by atoms with Crippen molar-refractivity contribution in [3.63, 3.8) is 0 Å². The van der Waals surface area contributed by atoms with Crippen LogP contribution in [-0.2, 0) is 0 Å². The first kappa shape index (κ1) is 11.4. The fourth-order valence-corrected chi connectivity index (χ4v) is 1.84. The summed E-state index contributed by atoms with van der Waals surface area (Å²) in [7, 11) is 0. The Bertz CT molecular complexity index is 312. The minimum absolute atomic E-state index is 0.00827. The van der Waals surface area contributed by atoms with Crippen molar-refractivity contribution in [3.8, 4) is 0 Å². The van der Waals surface area contributed by atoms with E-state index < -0.39 is 6.29 Å². The van der Waals surface area contributed by atoms with Gasteiger partial charge in [0, 0.05) is 5.56 Å². The molecular formula is C7H4Cl4O2. The van der Waals surface area contributed by atoms with Gasteiger partial charge in [-0.3, -0.25) is 0 Å². The van der Waals surface area contributed by atoms with Crippen molar-refractivity contribution >= 4 is 46.4 Å². The topological polar surface area (TPSA) is 40.5 Å². The minimum atomic E-state index is -1.80. The SMILES string of the molecule is OC(O)c1c(Cl)c(Cl)cc(Cl)c1Cl. The lowest BCUT2D eigenvalue weighted by Crippen LogP contribution is -1.98. The predicted octanol–water partition coefficient (Wildman–Crippen LogP) is 3.28. The highest BCUT2D eigenvalue weighted by molar-refractivity contribution is 6.48. The summed E-state index contributed by atoms with van der Waals surface area (Å²) in [6, 6.07) is 1.33. The second-order valence-corrected chi connectivity index (χ2v) is 3.83. The summed E-state index contributed by atoms with van der Waals surface area (Å²) >= 11 is 22.6. The van der Waals surface area contributed by atoms with E-state index in [0.29, 0.717) is 0 Å². The van der Waals surface area contributed by atoms with E-state index in [4.69, 9.17) is 56.6 Å². The summed E-state index contributed by atoms with van der Waals surface area (Å²) in [6.45, 7) is 0. The van der Waals surface area contributed by atoms with Gasteiger partial charge in [-0.25, -0.2) is 0 Å². The second kappa shape index (κ2) is 4.22. The van der Waals surface area contributed by atoms with Gasteiger partial charge < -0.3 is 10.2 Å². The molecule has 0 aliphatic heterocycles. The summed E-state index contributed by atoms with van der Waals surface area (Å²) in [4.78, 5) is 0. The molecule has 2 nitrogen and oxygen atoms in total. The summed E-state index contributed by atoms with van der Waals surface area (Å²) in [5.74, 6) is 0. The monoisotopic (exact) mass is 260 g/mol. The standard InChI is InChI=1S/C7H4Cl4O2/c8-2-1-3(9)6(11)4(5(2)10)7(12)13/h1,7,12-13H. The third kappa shape index (κ3) is 2.21. The smallest absolute Gasteiger partial charge is 0.181 e. The molecule has 0 amide bonds. The van der Waals surface area contributed by atoms with Crippen LogP contribution >= 0.6 is 46.4 Å². The Labute approximate surface area is 94.6 Å². The van der Waals surface area contributed by atoms with E-state index in [1.807, 2.05) is 0 Å². The lowest BCUT2D eigenvalue weighted by molar-refractivity contribution is -0.0422. The first-order valence-corrected chi connectivity index (χ1v) is 4.65. The number of aliphatic hydroxyl groups is 2. The summed E-state index contributed by atoms with van der Waals surface area (Å²) in [5.41, 5.74) is -0.0826. The van der Waals surface area contributed by atoms with Crippen LogP contribution in [0.2, 0.25) is 20.1 Å². The first-order chi connectivity index (χ1) is 5.95. The van der Waals surface area contributed by atoms with Crippen molar-refractivity contribution < 1.29 is 10.2 Å². The zero-order chi connectivity index (χ0) is 10.2. The molecular weight excluding hydrogens is 258 g/mol. The fourth-order valence-electron chi connectivity index (χ4n) is 0.818. The van der Waals surface area contributed by atoms with Crippen molar-refractivity contribution in [2.75, 3.05) is 0 Å². The Hall–Kier alpha value is 0.300. The van der Waals surface area contributed by atoms with Crippen molar-refractivity contribution in [3.05, 3.63) is 31.7 Å². The van der Waals surface area contributed by atoms with Gasteiger partial charge in [0.15, 0.2) is 6.29 Å². The molecule has 0 aliphatic carbocycles.